The molecule has 7 heteroatoms. The average molecular weight is 449 g/mol. The topological polar surface area (TPSA) is 79.7 Å². The highest BCUT2D eigenvalue weighted by Gasteiger charge is 2.47. The van der Waals surface area contributed by atoms with Crippen LogP contribution in [0.1, 0.15) is 31.0 Å². The SMILES string of the molecule is CC(C)Oc1ccc(/C(O)=C2/C(=O)C(=O)N(c3ccccn3)C2c2ccc(Cl)cc2)cc1. The lowest BCUT2D eigenvalue weighted by molar-refractivity contribution is -0.132. The zero-order chi connectivity index (χ0) is 22.8. The number of amides is 1. The molecule has 2 heterocycles. The Morgan fingerprint density at radius 3 is 2.31 bits per heavy atom. The highest BCUT2D eigenvalue weighted by atomic mass is 35.5. The van der Waals surface area contributed by atoms with Crippen LogP contribution in [-0.4, -0.2) is 27.9 Å². The monoisotopic (exact) mass is 448 g/mol. The Balaban J connectivity index is 1.85. The molecule has 1 aliphatic heterocycles. The number of pyridine rings is 1. The second-order valence-corrected chi connectivity index (χ2v) is 8.04. The van der Waals surface area contributed by atoms with E-state index in [4.69, 9.17) is 16.3 Å². The number of Topliss-reactive ketones (excluding diaryl/α,β-unsaturated/α-hetero) is 1. The minimum absolute atomic E-state index is 0.00282. The van der Waals surface area contributed by atoms with Crippen molar-refractivity contribution in [1.29, 1.82) is 0 Å². The van der Waals surface area contributed by atoms with E-state index in [1.165, 1.54) is 4.90 Å². The Bertz CT molecular complexity index is 1170. The van der Waals surface area contributed by atoms with Crippen molar-refractivity contribution in [2.24, 2.45) is 0 Å². The fraction of sp³-hybridized carbons (Fsp3) is 0.160. The maximum absolute atomic E-state index is 13.1. The van der Waals surface area contributed by atoms with E-state index in [2.05, 4.69) is 4.98 Å². The number of carbonyl (C=O) groups is 2. The Kier molecular flexibility index (Phi) is 5.97. The van der Waals surface area contributed by atoms with Gasteiger partial charge in [-0.1, -0.05) is 29.8 Å². The van der Waals surface area contributed by atoms with Crippen molar-refractivity contribution in [2.75, 3.05) is 4.90 Å². The predicted molar refractivity (Wildman–Crippen MR) is 123 cm³/mol. The number of carbonyl (C=O) groups excluding carboxylic acids is 2. The van der Waals surface area contributed by atoms with Crippen molar-refractivity contribution < 1.29 is 19.4 Å². The van der Waals surface area contributed by atoms with Crippen molar-refractivity contribution in [1.82, 2.24) is 4.98 Å². The lowest BCUT2D eigenvalue weighted by Gasteiger charge is -2.24. The van der Waals surface area contributed by atoms with E-state index in [9.17, 15) is 14.7 Å². The van der Waals surface area contributed by atoms with Crippen LogP contribution in [0.5, 0.6) is 5.75 Å². The van der Waals surface area contributed by atoms with Crippen LogP contribution in [0.2, 0.25) is 5.02 Å². The van der Waals surface area contributed by atoms with Gasteiger partial charge < -0.3 is 9.84 Å². The molecule has 2 aromatic carbocycles. The fourth-order valence-electron chi connectivity index (χ4n) is 3.64. The van der Waals surface area contributed by atoms with Gasteiger partial charge in [0.25, 0.3) is 5.78 Å². The van der Waals surface area contributed by atoms with Crippen LogP contribution in [0.4, 0.5) is 5.82 Å². The van der Waals surface area contributed by atoms with Crippen molar-refractivity contribution in [3.63, 3.8) is 0 Å². The van der Waals surface area contributed by atoms with Crippen molar-refractivity contribution in [3.05, 3.63) is 94.6 Å². The third-order valence-corrected chi connectivity index (χ3v) is 5.28. The molecule has 1 N–H and O–H groups in total. The first kappa shape index (κ1) is 21.6. The number of hydrogen-bond donors (Lipinski definition) is 1. The quantitative estimate of drug-likeness (QED) is 0.332. The molecule has 1 aromatic heterocycles. The van der Waals surface area contributed by atoms with Crippen LogP contribution in [0.3, 0.4) is 0 Å². The third kappa shape index (κ3) is 4.09. The van der Waals surface area contributed by atoms with Gasteiger partial charge in [-0.3, -0.25) is 14.5 Å². The van der Waals surface area contributed by atoms with Gasteiger partial charge >= 0.3 is 5.91 Å². The molecule has 3 aromatic rings. The highest BCUT2D eigenvalue weighted by Crippen LogP contribution is 2.41. The van der Waals surface area contributed by atoms with E-state index in [1.54, 1.807) is 72.9 Å². The maximum atomic E-state index is 13.1. The smallest absolute Gasteiger partial charge is 0.301 e. The Morgan fingerprint density at radius 1 is 1.03 bits per heavy atom. The number of nitrogens with zero attached hydrogens (tertiary/aromatic N) is 2. The molecule has 6 nitrogen and oxygen atoms in total. The second kappa shape index (κ2) is 8.85. The van der Waals surface area contributed by atoms with Crippen LogP contribution in [0.25, 0.3) is 5.76 Å². The third-order valence-electron chi connectivity index (χ3n) is 5.03. The summed E-state index contributed by atoms with van der Waals surface area (Å²) in [7, 11) is 0. The molecule has 1 amide bonds. The minimum Gasteiger partial charge on any atom is -0.507 e. The summed E-state index contributed by atoms with van der Waals surface area (Å²) in [6.07, 6.45) is 1.55. The van der Waals surface area contributed by atoms with Crippen LogP contribution < -0.4 is 9.64 Å². The maximum Gasteiger partial charge on any atom is 0.301 e. The van der Waals surface area contributed by atoms with Crippen LogP contribution in [0.15, 0.2) is 78.5 Å². The van der Waals surface area contributed by atoms with Gasteiger partial charge in [-0.2, -0.15) is 0 Å². The number of anilines is 1. The second-order valence-electron chi connectivity index (χ2n) is 7.60. The minimum atomic E-state index is -0.853. The zero-order valence-corrected chi connectivity index (χ0v) is 18.3. The first-order valence-corrected chi connectivity index (χ1v) is 10.5. The molecule has 1 unspecified atom stereocenters. The van der Waals surface area contributed by atoms with Gasteiger partial charge in [0.2, 0.25) is 0 Å². The summed E-state index contributed by atoms with van der Waals surface area (Å²) in [4.78, 5) is 31.7. The van der Waals surface area contributed by atoms with E-state index in [1.807, 2.05) is 13.8 Å². The van der Waals surface area contributed by atoms with Gasteiger partial charge in [0.15, 0.2) is 0 Å². The summed E-state index contributed by atoms with van der Waals surface area (Å²) in [6.45, 7) is 3.83. The van der Waals surface area contributed by atoms with Crippen molar-refractivity contribution in [2.45, 2.75) is 26.0 Å². The summed E-state index contributed by atoms with van der Waals surface area (Å²) in [6, 6.07) is 17.8. The molecule has 32 heavy (non-hydrogen) atoms. The first-order valence-electron chi connectivity index (χ1n) is 10.1. The number of aliphatic hydroxyl groups is 1. The predicted octanol–water partition coefficient (Wildman–Crippen LogP) is 5.15. The summed E-state index contributed by atoms with van der Waals surface area (Å²) in [5, 5.41) is 11.6. The summed E-state index contributed by atoms with van der Waals surface area (Å²) < 4.78 is 5.64. The number of ketones is 1. The molecule has 1 fully saturated rings. The van der Waals surface area contributed by atoms with Crippen LogP contribution >= 0.6 is 11.6 Å². The summed E-state index contributed by atoms with van der Waals surface area (Å²) in [5.41, 5.74) is 1.01. The largest absolute Gasteiger partial charge is 0.507 e. The Morgan fingerprint density at radius 2 is 1.72 bits per heavy atom. The van der Waals surface area contributed by atoms with E-state index in [-0.39, 0.29) is 17.4 Å². The Labute approximate surface area is 190 Å². The first-order chi connectivity index (χ1) is 15.4. The van der Waals surface area contributed by atoms with Gasteiger partial charge in [-0.25, -0.2) is 4.98 Å². The molecule has 0 bridgehead atoms. The van der Waals surface area contributed by atoms with Crippen molar-refractivity contribution in [3.8, 4) is 5.75 Å². The highest BCUT2D eigenvalue weighted by molar-refractivity contribution is 6.51. The summed E-state index contributed by atoms with van der Waals surface area (Å²) in [5.74, 6) is -0.854. The molecule has 4 rings (SSSR count). The normalized spacial score (nSPS) is 17.8. The number of rotatable bonds is 5. The molecule has 1 atom stereocenters. The van der Waals surface area contributed by atoms with Gasteiger partial charge in [-0.15, -0.1) is 0 Å². The lowest BCUT2D eigenvalue weighted by Crippen LogP contribution is -2.30. The number of aromatic nitrogens is 1. The molecule has 1 saturated heterocycles. The van der Waals surface area contributed by atoms with Crippen LogP contribution in [-0.2, 0) is 9.59 Å². The number of benzene rings is 2. The molecule has 0 radical (unpaired) electrons. The Hall–Kier alpha value is -3.64. The van der Waals surface area contributed by atoms with E-state index in [0.29, 0.717) is 27.7 Å². The molecule has 1 aliphatic rings. The molecule has 0 saturated carbocycles. The fourth-order valence-corrected chi connectivity index (χ4v) is 3.77. The van der Waals surface area contributed by atoms with Gasteiger partial charge in [0, 0.05) is 16.8 Å². The molecule has 162 valence electrons. The molecular formula is C25H21ClN2O4. The van der Waals surface area contributed by atoms with Gasteiger partial charge in [0.1, 0.15) is 17.3 Å². The van der Waals surface area contributed by atoms with Crippen molar-refractivity contribution >= 4 is 34.9 Å². The number of halogens is 1. The van der Waals surface area contributed by atoms with Gasteiger partial charge in [0.05, 0.1) is 17.7 Å². The van der Waals surface area contributed by atoms with E-state index < -0.39 is 17.7 Å². The summed E-state index contributed by atoms with van der Waals surface area (Å²) >= 11 is 6.04. The average Bonchev–Trinajstić information content (AvgIpc) is 3.05. The van der Waals surface area contributed by atoms with E-state index in [0.717, 1.165) is 0 Å². The number of ether oxygens (including phenoxy) is 1. The molecular weight excluding hydrogens is 428 g/mol. The molecule has 0 spiro atoms. The standard InChI is InChI=1S/C25H21ClN2O4/c1-15(2)32-19-12-8-17(9-13-19)23(29)21-22(16-6-10-18(26)11-7-16)28(25(31)24(21)30)20-5-3-4-14-27-20/h3-15,22,29H,1-2H3/b23-21-. The van der Waals surface area contributed by atoms with Gasteiger partial charge in [-0.05, 0) is 67.9 Å². The zero-order valence-electron chi connectivity index (χ0n) is 17.5. The number of hydrogen-bond acceptors (Lipinski definition) is 5. The lowest BCUT2D eigenvalue weighted by atomic mass is 9.95. The van der Waals surface area contributed by atoms with Crippen LogP contribution in [0, 0.1) is 0 Å². The number of aliphatic hydroxyl groups excluding tert-OH is 1. The molecule has 0 aliphatic carbocycles. The van der Waals surface area contributed by atoms with E-state index >= 15 is 0 Å².